The summed E-state index contributed by atoms with van der Waals surface area (Å²) in [6.45, 7) is 3.96. The van der Waals surface area contributed by atoms with Crippen molar-refractivity contribution in [3.63, 3.8) is 0 Å². The molecule has 1 atom stereocenters. The molecule has 152 valence electrons. The SMILES string of the molecule is CCCCCCS(=O)(=O)CCOC[C@@H](O)CS(=O)(=O)CCCCCC. The van der Waals surface area contributed by atoms with E-state index in [1.807, 2.05) is 0 Å². The highest BCUT2D eigenvalue weighted by Gasteiger charge is 2.18. The molecule has 0 heterocycles. The second-order valence-electron chi connectivity index (χ2n) is 6.62. The van der Waals surface area contributed by atoms with Crippen molar-refractivity contribution in [2.75, 3.05) is 36.2 Å². The van der Waals surface area contributed by atoms with E-state index in [-0.39, 0.29) is 36.2 Å². The van der Waals surface area contributed by atoms with Crippen LogP contribution in [0.1, 0.15) is 65.2 Å². The highest BCUT2D eigenvalue weighted by atomic mass is 32.2. The van der Waals surface area contributed by atoms with E-state index in [1.165, 1.54) is 0 Å². The molecule has 0 rings (SSSR count). The number of rotatable bonds is 17. The van der Waals surface area contributed by atoms with Gasteiger partial charge in [-0.25, -0.2) is 16.8 Å². The van der Waals surface area contributed by atoms with Crippen molar-refractivity contribution in [2.45, 2.75) is 71.3 Å². The van der Waals surface area contributed by atoms with Crippen molar-refractivity contribution < 1.29 is 26.7 Å². The molecule has 1 N–H and O–H groups in total. The third-order valence-electron chi connectivity index (χ3n) is 3.91. The first kappa shape index (κ1) is 24.8. The maximum absolute atomic E-state index is 11.9. The number of aliphatic hydroxyl groups is 1. The molecule has 0 saturated carbocycles. The molecule has 0 aromatic carbocycles. The van der Waals surface area contributed by atoms with Crippen LogP contribution in [0.3, 0.4) is 0 Å². The highest BCUT2D eigenvalue weighted by Crippen LogP contribution is 2.05. The van der Waals surface area contributed by atoms with Crippen LogP contribution in [0.5, 0.6) is 0 Å². The Morgan fingerprint density at radius 2 is 1.28 bits per heavy atom. The summed E-state index contributed by atoms with van der Waals surface area (Å²) >= 11 is 0. The van der Waals surface area contributed by atoms with E-state index < -0.39 is 25.8 Å². The van der Waals surface area contributed by atoms with Crippen LogP contribution in [0.25, 0.3) is 0 Å². The van der Waals surface area contributed by atoms with Gasteiger partial charge < -0.3 is 9.84 Å². The lowest BCUT2D eigenvalue weighted by molar-refractivity contribution is 0.0550. The van der Waals surface area contributed by atoms with Crippen molar-refractivity contribution in [2.24, 2.45) is 0 Å². The standard InChI is InChI=1S/C17H36O6S2/c1-3-5-7-9-12-24(19,20)14-11-23-15-17(18)16-25(21,22)13-10-8-6-4-2/h17-18H,3-16H2,1-2H3/t17-/m1/s1. The Hall–Kier alpha value is -0.180. The topological polar surface area (TPSA) is 97.7 Å². The van der Waals surface area contributed by atoms with Gasteiger partial charge in [0.2, 0.25) is 0 Å². The summed E-state index contributed by atoms with van der Waals surface area (Å²) in [6.07, 6.45) is 6.09. The van der Waals surface area contributed by atoms with Crippen LogP contribution in [-0.4, -0.2) is 64.3 Å². The fraction of sp³-hybridized carbons (Fsp3) is 1.00. The van der Waals surface area contributed by atoms with Gasteiger partial charge in [-0.3, -0.25) is 0 Å². The number of hydrogen-bond acceptors (Lipinski definition) is 6. The summed E-state index contributed by atoms with van der Waals surface area (Å²) in [5.41, 5.74) is 0. The van der Waals surface area contributed by atoms with E-state index in [9.17, 15) is 21.9 Å². The smallest absolute Gasteiger partial charge is 0.152 e. The average Bonchev–Trinajstić information content (AvgIpc) is 2.52. The number of ether oxygens (including phenoxy) is 1. The van der Waals surface area contributed by atoms with E-state index in [0.29, 0.717) is 12.8 Å². The van der Waals surface area contributed by atoms with Crippen LogP contribution in [0, 0.1) is 0 Å². The van der Waals surface area contributed by atoms with Crippen molar-refractivity contribution in [1.82, 2.24) is 0 Å². The average molecular weight is 401 g/mol. The lowest BCUT2D eigenvalue weighted by Crippen LogP contribution is -2.28. The molecule has 25 heavy (non-hydrogen) atoms. The van der Waals surface area contributed by atoms with Crippen LogP contribution in [0.4, 0.5) is 0 Å². The van der Waals surface area contributed by atoms with Crippen LogP contribution < -0.4 is 0 Å². The van der Waals surface area contributed by atoms with Crippen molar-refractivity contribution in [3.8, 4) is 0 Å². The highest BCUT2D eigenvalue weighted by molar-refractivity contribution is 7.91. The van der Waals surface area contributed by atoms with Gasteiger partial charge in [0, 0.05) is 0 Å². The molecule has 0 fully saturated rings. The number of sulfone groups is 2. The second-order valence-corrected chi connectivity index (χ2v) is 11.1. The summed E-state index contributed by atoms with van der Waals surface area (Å²) in [5.74, 6) is -0.181. The summed E-state index contributed by atoms with van der Waals surface area (Å²) in [7, 11) is -6.43. The van der Waals surface area contributed by atoms with Gasteiger partial charge in [-0.05, 0) is 12.8 Å². The van der Waals surface area contributed by atoms with Gasteiger partial charge >= 0.3 is 0 Å². The first-order valence-corrected chi connectivity index (χ1v) is 13.0. The summed E-state index contributed by atoms with van der Waals surface area (Å²) in [4.78, 5) is 0. The van der Waals surface area contributed by atoms with Gasteiger partial charge in [0.1, 0.15) is 0 Å². The van der Waals surface area contributed by atoms with Gasteiger partial charge in [-0.2, -0.15) is 0 Å². The van der Waals surface area contributed by atoms with Crippen LogP contribution >= 0.6 is 0 Å². The zero-order chi connectivity index (χ0) is 19.2. The Morgan fingerprint density at radius 1 is 0.760 bits per heavy atom. The molecule has 0 aromatic heterocycles. The predicted octanol–water partition coefficient (Wildman–Crippen LogP) is 2.35. The summed E-state index contributed by atoms with van der Waals surface area (Å²) in [6, 6.07) is 0. The third kappa shape index (κ3) is 15.8. The van der Waals surface area contributed by atoms with Gasteiger partial charge in [0.15, 0.2) is 19.7 Å². The zero-order valence-corrected chi connectivity index (χ0v) is 17.4. The first-order chi connectivity index (χ1) is 11.7. The van der Waals surface area contributed by atoms with Gasteiger partial charge in [-0.1, -0.05) is 52.4 Å². The molecule has 0 saturated heterocycles. The Labute approximate surface area is 154 Å². The van der Waals surface area contributed by atoms with Crippen LogP contribution in [0.15, 0.2) is 0 Å². The Morgan fingerprint density at radius 3 is 1.80 bits per heavy atom. The minimum atomic E-state index is -3.29. The summed E-state index contributed by atoms with van der Waals surface area (Å²) in [5, 5.41) is 9.76. The molecule has 0 aromatic rings. The summed E-state index contributed by atoms with van der Waals surface area (Å²) < 4.78 is 52.5. The van der Waals surface area contributed by atoms with Gasteiger partial charge in [0.25, 0.3) is 0 Å². The molecular formula is C17H36O6S2. The van der Waals surface area contributed by atoms with Crippen molar-refractivity contribution >= 4 is 19.7 Å². The molecule has 0 radical (unpaired) electrons. The lowest BCUT2D eigenvalue weighted by atomic mass is 10.2. The van der Waals surface area contributed by atoms with Gasteiger partial charge in [0.05, 0.1) is 42.3 Å². The lowest BCUT2D eigenvalue weighted by Gasteiger charge is -2.12. The quantitative estimate of drug-likeness (QED) is 0.376. The molecule has 0 aliphatic carbocycles. The molecular weight excluding hydrogens is 364 g/mol. The molecule has 0 aliphatic heterocycles. The zero-order valence-electron chi connectivity index (χ0n) is 15.8. The minimum Gasteiger partial charge on any atom is -0.390 e. The minimum absolute atomic E-state index is 0.0102. The molecule has 0 unspecified atom stereocenters. The molecule has 0 amide bonds. The largest absolute Gasteiger partial charge is 0.390 e. The van der Waals surface area contributed by atoms with E-state index in [4.69, 9.17) is 4.74 Å². The molecule has 0 bridgehead atoms. The van der Waals surface area contributed by atoms with Crippen LogP contribution in [-0.2, 0) is 24.4 Å². The van der Waals surface area contributed by atoms with E-state index >= 15 is 0 Å². The predicted molar refractivity (Wildman–Crippen MR) is 102 cm³/mol. The number of aliphatic hydroxyl groups excluding tert-OH is 1. The fourth-order valence-electron chi connectivity index (χ4n) is 2.43. The van der Waals surface area contributed by atoms with E-state index in [0.717, 1.165) is 38.5 Å². The third-order valence-corrected chi connectivity index (χ3v) is 7.42. The first-order valence-electron chi connectivity index (χ1n) is 9.39. The maximum atomic E-state index is 11.9. The molecule has 0 aliphatic rings. The second kappa shape index (κ2) is 13.9. The Bertz CT molecular complexity index is 513. The maximum Gasteiger partial charge on any atom is 0.152 e. The molecule has 8 heteroatoms. The Kier molecular flexibility index (Phi) is 13.8. The van der Waals surface area contributed by atoms with Crippen molar-refractivity contribution in [1.29, 1.82) is 0 Å². The van der Waals surface area contributed by atoms with Crippen LogP contribution in [0.2, 0.25) is 0 Å². The molecule has 0 spiro atoms. The van der Waals surface area contributed by atoms with Crippen molar-refractivity contribution in [3.05, 3.63) is 0 Å². The van der Waals surface area contributed by atoms with E-state index in [1.54, 1.807) is 0 Å². The fourth-order valence-corrected chi connectivity index (χ4v) is 5.14. The van der Waals surface area contributed by atoms with Gasteiger partial charge in [-0.15, -0.1) is 0 Å². The monoisotopic (exact) mass is 400 g/mol. The van der Waals surface area contributed by atoms with E-state index in [2.05, 4.69) is 13.8 Å². The number of hydrogen-bond donors (Lipinski definition) is 1. The molecule has 6 nitrogen and oxygen atoms in total. The normalized spacial score (nSPS) is 13.9. The Balaban J connectivity index is 3.89. The number of unbranched alkanes of at least 4 members (excludes halogenated alkanes) is 6.